The minimum atomic E-state index is -0.615. The van der Waals surface area contributed by atoms with Crippen molar-refractivity contribution in [2.45, 2.75) is 31.8 Å². The number of fused-ring (bicyclic) bond motifs is 1. The smallest absolute Gasteiger partial charge is 0.254 e. The van der Waals surface area contributed by atoms with Crippen molar-refractivity contribution in [2.24, 2.45) is 0 Å². The maximum atomic E-state index is 12.8. The molecule has 0 radical (unpaired) electrons. The van der Waals surface area contributed by atoms with E-state index in [1.165, 1.54) is 4.70 Å². The molecule has 1 unspecified atom stereocenters. The monoisotopic (exact) mass is 345 g/mol. The first-order valence-electron chi connectivity index (χ1n) is 8.70. The number of rotatable bonds is 2. The number of carbonyl (C=O) groups excluding carboxylic acids is 1. The topological polar surface area (TPSA) is 45.7 Å². The Morgan fingerprint density at radius 3 is 2.71 bits per heavy atom. The minimum absolute atomic E-state index is 0.158. The molecule has 1 aromatic heterocycles. The number of anilines is 1. The number of ether oxygens (including phenoxy) is 1. The van der Waals surface area contributed by atoms with Gasteiger partial charge >= 0.3 is 0 Å². The van der Waals surface area contributed by atoms with Gasteiger partial charge in [0.2, 0.25) is 0 Å². The molecule has 2 aliphatic rings. The molecule has 24 heavy (non-hydrogen) atoms. The third kappa shape index (κ3) is 2.89. The van der Waals surface area contributed by atoms with Crippen molar-refractivity contribution >= 4 is 32.6 Å². The lowest BCUT2D eigenvalue weighted by Gasteiger charge is -2.41. The Labute approximate surface area is 146 Å². The normalized spacial score (nSPS) is 25.2. The summed E-state index contributed by atoms with van der Waals surface area (Å²) in [6.45, 7) is 5.81. The number of para-hydroxylation sites is 1. The zero-order valence-electron chi connectivity index (χ0n) is 14.0. The lowest BCUT2D eigenvalue weighted by atomic mass is 9.94. The van der Waals surface area contributed by atoms with E-state index in [9.17, 15) is 4.79 Å². The number of aromatic nitrogens is 1. The second-order valence-electron chi connectivity index (χ2n) is 6.78. The molecule has 0 spiro atoms. The zero-order valence-corrected chi connectivity index (χ0v) is 14.8. The Morgan fingerprint density at radius 2 is 2.00 bits per heavy atom. The first-order chi connectivity index (χ1) is 11.7. The van der Waals surface area contributed by atoms with Crippen LogP contribution in [0.25, 0.3) is 10.2 Å². The fourth-order valence-corrected chi connectivity index (χ4v) is 4.55. The van der Waals surface area contributed by atoms with E-state index in [1.54, 1.807) is 11.3 Å². The Hall–Kier alpha value is -1.66. The van der Waals surface area contributed by atoms with Crippen molar-refractivity contribution in [1.82, 2.24) is 9.88 Å². The van der Waals surface area contributed by atoms with Gasteiger partial charge in [0, 0.05) is 32.8 Å². The van der Waals surface area contributed by atoms with Crippen LogP contribution in [-0.4, -0.2) is 54.2 Å². The Bertz CT molecular complexity index is 698. The predicted molar refractivity (Wildman–Crippen MR) is 96.6 cm³/mol. The maximum absolute atomic E-state index is 12.8. The third-order valence-electron chi connectivity index (χ3n) is 5.04. The summed E-state index contributed by atoms with van der Waals surface area (Å²) in [5, 5.41) is 1.06. The standard InChI is InChI=1S/C18H23N3O2S/c1-18(8-4-5-13-23-18)16(22)20-9-11-21(12-10-20)17-19-14-6-2-3-7-15(14)24-17/h2-3,6-7H,4-5,8-13H2,1H3. The van der Waals surface area contributed by atoms with Gasteiger partial charge < -0.3 is 14.5 Å². The maximum Gasteiger partial charge on any atom is 0.254 e. The Kier molecular flexibility index (Phi) is 4.18. The van der Waals surface area contributed by atoms with Crippen LogP contribution in [-0.2, 0) is 9.53 Å². The fraction of sp³-hybridized carbons (Fsp3) is 0.556. The highest BCUT2D eigenvalue weighted by Gasteiger charge is 2.40. The molecule has 2 aliphatic heterocycles. The molecule has 0 saturated carbocycles. The van der Waals surface area contributed by atoms with E-state index in [4.69, 9.17) is 9.72 Å². The van der Waals surface area contributed by atoms with Gasteiger partial charge in [-0.05, 0) is 38.3 Å². The van der Waals surface area contributed by atoms with Crippen LogP contribution >= 0.6 is 11.3 Å². The number of carbonyl (C=O) groups is 1. The molecule has 2 aromatic rings. The summed E-state index contributed by atoms with van der Waals surface area (Å²) in [7, 11) is 0. The van der Waals surface area contributed by atoms with E-state index >= 15 is 0 Å². The van der Waals surface area contributed by atoms with Gasteiger partial charge in [0.25, 0.3) is 5.91 Å². The summed E-state index contributed by atoms with van der Waals surface area (Å²) >= 11 is 1.73. The van der Waals surface area contributed by atoms with Gasteiger partial charge in [0.05, 0.1) is 10.2 Å². The van der Waals surface area contributed by atoms with Crippen molar-refractivity contribution in [3.63, 3.8) is 0 Å². The molecule has 2 fully saturated rings. The first-order valence-corrected chi connectivity index (χ1v) is 9.51. The molecule has 1 amide bonds. The highest BCUT2D eigenvalue weighted by atomic mass is 32.1. The summed E-state index contributed by atoms with van der Waals surface area (Å²) in [5.41, 5.74) is 0.440. The molecule has 1 aromatic carbocycles. The van der Waals surface area contributed by atoms with Crippen molar-refractivity contribution in [2.75, 3.05) is 37.7 Å². The predicted octanol–water partition coefficient (Wildman–Crippen LogP) is 2.90. The molecule has 0 N–H and O–H groups in total. The van der Waals surface area contributed by atoms with Crippen LogP contribution in [0.4, 0.5) is 5.13 Å². The Balaban J connectivity index is 1.42. The molecule has 1 atom stereocenters. The molecular formula is C18H23N3O2S. The van der Waals surface area contributed by atoms with E-state index in [0.29, 0.717) is 6.61 Å². The summed E-state index contributed by atoms with van der Waals surface area (Å²) in [5.74, 6) is 0.158. The molecule has 4 rings (SSSR count). The number of hydrogen-bond acceptors (Lipinski definition) is 5. The molecule has 0 aliphatic carbocycles. The van der Waals surface area contributed by atoms with E-state index in [2.05, 4.69) is 17.0 Å². The molecule has 2 saturated heterocycles. The van der Waals surface area contributed by atoms with Crippen molar-refractivity contribution < 1.29 is 9.53 Å². The molecule has 0 bridgehead atoms. The van der Waals surface area contributed by atoms with Gasteiger partial charge in [0.1, 0.15) is 5.60 Å². The summed E-state index contributed by atoms with van der Waals surface area (Å²) in [6.07, 6.45) is 2.98. The van der Waals surface area contributed by atoms with Gasteiger partial charge in [-0.1, -0.05) is 23.5 Å². The fourth-order valence-electron chi connectivity index (χ4n) is 3.53. The van der Waals surface area contributed by atoms with Crippen LogP contribution in [0.3, 0.4) is 0 Å². The van der Waals surface area contributed by atoms with Crippen LogP contribution in [0.2, 0.25) is 0 Å². The van der Waals surface area contributed by atoms with Crippen LogP contribution in [0.1, 0.15) is 26.2 Å². The summed E-state index contributed by atoms with van der Waals surface area (Å²) in [4.78, 5) is 21.8. The molecular weight excluding hydrogens is 322 g/mol. The molecule has 5 nitrogen and oxygen atoms in total. The third-order valence-corrected chi connectivity index (χ3v) is 6.14. The van der Waals surface area contributed by atoms with E-state index in [0.717, 1.165) is 56.1 Å². The van der Waals surface area contributed by atoms with Crippen molar-refractivity contribution in [1.29, 1.82) is 0 Å². The lowest BCUT2D eigenvalue weighted by molar-refractivity contribution is -0.162. The molecule has 6 heteroatoms. The average molecular weight is 345 g/mol. The quantitative estimate of drug-likeness (QED) is 0.840. The minimum Gasteiger partial charge on any atom is -0.365 e. The van der Waals surface area contributed by atoms with Crippen molar-refractivity contribution in [3.8, 4) is 0 Å². The summed E-state index contributed by atoms with van der Waals surface area (Å²) in [6, 6.07) is 8.23. The van der Waals surface area contributed by atoms with E-state index < -0.39 is 5.60 Å². The second-order valence-corrected chi connectivity index (χ2v) is 7.79. The van der Waals surface area contributed by atoms with Crippen LogP contribution < -0.4 is 4.90 Å². The first kappa shape index (κ1) is 15.8. The van der Waals surface area contributed by atoms with E-state index in [1.807, 2.05) is 24.0 Å². The SMILES string of the molecule is CC1(C(=O)N2CCN(c3nc4ccccc4s3)CC2)CCCCO1. The number of benzene rings is 1. The molecule has 3 heterocycles. The molecule has 128 valence electrons. The lowest BCUT2D eigenvalue weighted by Crippen LogP contribution is -2.56. The number of piperazine rings is 1. The van der Waals surface area contributed by atoms with Gasteiger partial charge in [-0.3, -0.25) is 4.79 Å². The van der Waals surface area contributed by atoms with E-state index in [-0.39, 0.29) is 5.91 Å². The highest BCUT2D eigenvalue weighted by molar-refractivity contribution is 7.22. The number of nitrogens with zero attached hydrogens (tertiary/aromatic N) is 3. The van der Waals surface area contributed by atoms with Crippen LogP contribution in [0, 0.1) is 0 Å². The largest absolute Gasteiger partial charge is 0.365 e. The van der Waals surface area contributed by atoms with Crippen LogP contribution in [0.5, 0.6) is 0 Å². The number of hydrogen-bond donors (Lipinski definition) is 0. The second kappa shape index (κ2) is 6.33. The summed E-state index contributed by atoms with van der Waals surface area (Å²) < 4.78 is 7.03. The van der Waals surface area contributed by atoms with Gasteiger partial charge in [-0.2, -0.15) is 0 Å². The van der Waals surface area contributed by atoms with Crippen LogP contribution in [0.15, 0.2) is 24.3 Å². The average Bonchev–Trinajstić information content (AvgIpc) is 3.06. The zero-order chi connectivity index (χ0) is 16.6. The van der Waals surface area contributed by atoms with Crippen molar-refractivity contribution in [3.05, 3.63) is 24.3 Å². The van der Waals surface area contributed by atoms with Gasteiger partial charge in [-0.15, -0.1) is 0 Å². The number of thiazole rings is 1. The number of amides is 1. The Morgan fingerprint density at radius 1 is 1.21 bits per heavy atom. The van der Waals surface area contributed by atoms with Gasteiger partial charge in [-0.25, -0.2) is 4.98 Å². The highest BCUT2D eigenvalue weighted by Crippen LogP contribution is 2.30. The van der Waals surface area contributed by atoms with Gasteiger partial charge in [0.15, 0.2) is 5.13 Å².